The molecule has 0 saturated carbocycles. The number of phenolic OH excluding ortho intramolecular Hbond substituents is 2. The van der Waals surface area contributed by atoms with Gasteiger partial charge >= 0.3 is 5.97 Å². The molecule has 0 aliphatic heterocycles. The van der Waals surface area contributed by atoms with Crippen LogP contribution >= 0.6 is 15.9 Å². The van der Waals surface area contributed by atoms with Gasteiger partial charge in [0, 0.05) is 10.7 Å². The molecule has 0 fully saturated rings. The van der Waals surface area contributed by atoms with Crippen LogP contribution < -0.4 is 0 Å². The van der Waals surface area contributed by atoms with Gasteiger partial charge in [0.05, 0.1) is 0 Å². The van der Waals surface area contributed by atoms with Gasteiger partial charge in [-0.1, -0.05) is 34.1 Å². The summed E-state index contributed by atoms with van der Waals surface area (Å²) in [4.78, 5) is 15.8. The van der Waals surface area contributed by atoms with E-state index < -0.39 is 11.5 Å². The highest BCUT2D eigenvalue weighted by molar-refractivity contribution is 9.10. The van der Waals surface area contributed by atoms with Crippen LogP contribution in [0.1, 0.15) is 18.1 Å². The zero-order valence-corrected chi connectivity index (χ0v) is 13.3. The number of aromatic hydroxyl groups is 2. The Kier molecular flexibility index (Phi) is 4.51. The number of benzene rings is 2. The first-order valence-corrected chi connectivity index (χ1v) is 7.19. The fraction of sp³-hybridized carbons (Fsp3) is 0.125. The zero-order chi connectivity index (χ0) is 16.3. The predicted octanol–water partition coefficient (Wildman–Crippen LogP) is 3.28. The molecular formula is C16H14BrNO4. The first kappa shape index (κ1) is 16.0. The molecule has 0 aliphatic rings. The molecule has 2 aromatic carbocycles. The molecule has 2 rings (SSSR count). The molecular weight excluding hydrogens is 350 g/mol. The topological polar surface area (TPSA) is 90.1 Å². The molecule has 0 bridgehead atoms. The van der Waals surface area contributed by atoms with Crippen LogP contribution in [0.3, 0.4) is 0 Å². The van der Waals surface area contributed by atoms with Gasteiger partial charge in [-0.05, 0) is 42.3 Å². The highest BCUT2D eigenvalue weighted by atomic mass is 79.9. The lowest BCUT2D eigenvalue weighted by molar-refractivity contribution is -0.142. The quantitative estimate of drug-likeness (QED) is 0.574. The van der Waals surface area contributed by atoms with Gasteiger partial charge in [-0.2, -0.15) is 0 Å². The van der Waals surface area contributed by atoms with Crippen molar-refractivity contribution in [3.8, 4) is 11.5 Å². The summed E-state index contributed by atoms with van der Waals surface area (Å²) >= 11 is 3.34. The van der Waals surface area contributed by atoms with Crippen LogP contribution in [0.5, 0.6) is 11.5 Å². The van der Waals surface area contributed by atoms with E-state index in [9.17, 15) is 20.1 Å². The van der Waals surface area contributed by atoms with Crippen LogP contribution in [0.4, 0.5) is 0 Å². The molecule has 0 amide bonds. The third-order valence-corrected chi connectivity index (χ3v) is 3.77. The summed E-state index contributed by atoms with van der Waals surface area (Å²) in [6.45, 7) is 1.43. The summed E-state index contributed by atoms with van der Waals surface area (Å²) in [6, 6.07) is 11.1. The van der Waals surface area contributed by atoms with Crippen molar-refractivity contribution in [1.82, 2.24) is 0 Å². The van der Waals surface area contributed by atoms with Gasteiger partial charge < -0.3 is 15.3 Å². The fourth-order valence-corrected chi connectivity index (χ4v) is 2.29. The Hall–Kier alpha value is -2.34. The number of halogens is 1. The Balaban J connectivity index is 2.44. The maximum absolute atomic E-state index is 11.6. The molecule has 3 N–H and O–H groups in total. The van der Waals surface area contributed by atoms with Crippen LogP contribution in [-0.4, -0.2) is 27.5 Å². The van der Waals surface area contributed by atoms with Crippen LogP contribution in [-0.2, 0) is 10.3 Å². The van der Waals surface area contributed by atoms with Crippen molar-refractivity contribution in [3.05, 3.63) is 58.1 Å². The second-order valence-electron chi connectivity index (χ2n) is 4.89. The van der Waals surface area contributed by atoms with E-state index in [1.165, 1.54) is 31.3 Å². The van der Waals surface area contributed by atoms with Crippen molar-refractivity contribution in [1.29, 1.82) is 0 Å². The average Bonchev–Trinajstić information content (AvgIpc) is 2.47. The summed E-state index contributed by atoms with van der Waals surface area (Å²) < 4.78 is 0.857. The highest BCUT2D eigenvalue weighted by Gasteiger charge is 2.34. The Morgan fingerprint density at radius 2 is 1.91 bits per heavy atom. The number of phenols is 2. The summed E-state index contributed by atoms with van der Waals surface area (Å²) in [5.74, 6) is -1.86. The normalized spacial score (nSPS) is 13.9. The number of carboxylic acids is 1. The number of hydrogen-bond donors (Lipinski definition) is 3. The molecule has 0 saturated heterocycles. The monoisotopic (exact) mass is 363 g/mol. The van der Waals surface area contributed by atoms with E-state index in [2.05, 4.69) is 20.9 Å². The van der Waals surface area contributed by atoms with Crippen LogP contribution in [0, 0.1) is 0 Å². The number of carbonyl (C=O) groups is 1. The van der Waals surface area contributed by atoms with Crippen molar-refractivity contribution >= 4 is 28.1 Å². The minimum Gasteiger partial charge on any atom is -0.504 e. The van der Waals surface area contributed by atoms with Crippen molar-refractivity contribution in [2.45, 2.75) is 12.5 Å². The van der Waals surface area contributed by atoms with Gasteiger partial charge in [-0.15, -0.1) is 0 Å². The van der Waals surface area contributed by atoms with E-state index in [1.54, 1.807) is 12.1 Å². The maximum atomic E-state index is 11.6. The largest absolute Gasteiger partial charge is 0.504 e. The number of nitrogens with zero attached hydrogens (tertiary/aromatic N) is 1. The second kappa shape index (κ2) is 6.19. The number of aliphatic carboxylic acids is 1. The second-order valence-corrected chi connectivity index (χ2v) is 5.81. The van der Waals surface area contributed by atoms with E-state index in [1.807, 2.05) is 12.1 Å². The first-order valence-electron chi connectivity index (χ1n) is 6.39. The van der Waals surface area contributed by atoms with E-state index in [-0.39, 0.29) is 17.1 Å². The van der Waals surface area contributed by atoms with E-state index in [0.717, 1.165) is 10.0 Å². The lowest BCUT2D eigenvalue weighted by Gasteiger charge is -2.21. The fourth-order valence-electron chi connectivity index (χ4n) is 1.87. The third kappa shape index (κ3) is 3.28. The van der Waals surface area contributed by atoms with Gasteiger partial charge in [-0.3, -0.25) is 4.99 Å². The Bertz CT molecular complexity index is 745. The van der Waals surface area contributed by atoms with Crippen molar-refractivity contribution in [3.63, 3.8) is 0 Å². The standard InChI is InChI=1S/C16H14BrNO4/c1-16(15(21)22,11-5-6-13(19)14(20)8-11)18-9-10-3-2-4-12(17)7-10/h2-9,19-20H,1H3,(H,21,22). The van der Waals surface area contributed by atoms with E-state index in [0.29, 0.717) is 0 Å². The number of rotatable bonds is 4. The lowest BCUT2D eigenvalue weighted by atomic mass is 9.92. The molecule has 0 aliphatic carbocycles. The molecule has 1 atom stereocenters. The van der Waals surface area contributed by atoms with Crippen LogP contribution in [0.25, 0.3) is 0 Å². The Labute approximate surface area is 135 Å². The maximum Gasteiger partial charge on any atom is 0.335 e. The van der Waals surface area contributed by atoms with Gasteiger partial charge in [0.15, 0.2) is 17.0 Å². The zero-order valence-electron chi connectivity index (χ0n) is 11.7. The summed E-state index contributed by atoms with van der Waals surface area (Å²) in [7, 11) is 0. The number of hydrogen-bond acceptors (Lipinski definition) is 4. The highest BCUT2D eigenvalue weighted by Crippen LogP contribution is 2.33. The molecule has 6 heteroatoms. The molecule has 5 nitrogen and oxygen atoms in total. The van der Waals surface area contributed by atoms with Gasteiger partial charge in [0.1, 0.15) is 0 Å². The average molecular weight is 364 g/mol. The molecule has 22 heavy (non-hydrogen) atoms. The molecule has 2 aromatic rings. The molecule has 0 aromatic heterocycles. The molecule has 0 heterocycles. The van der Waals surface area contributed by atoms with Crippen LogP contribution in [0.2, 0.25) is 0 Å². The molecule has 0 radical (unpaired) electrons. The molecule has 0 spiro atoms. The first-order chi connectivity index (χ1) is 10.3. The SMILES string of the molecule is CC(N=Cc1cccc(Br)c1)(C(=O)O)c1ccc(O)c(O)c1. The number of aliphatic imine (C=N–C) groups is 1. The van der Waals surface area contributed by atoms with E-state index in [4.69, 9.17) is 0 Å². The third-order valence-electron chi connectivity index (χ3n) is 3.27. The minimum absolute atomic E-state index is 0.265. The van der Waals surface area contributed by atoms with Crippen molar-refractivity contribution in [2.75, 3.05) is 0 Å². The van der Waals surface area contributed by atoms with Gasteiger partial charge in [0.2, 0.25) is 0 Å². The Morgan fingerprint density at radius 1 is 1.18 bits per heavy atom. The lowest BCUT2D eigenvalue weighted by Crippen LogP contribution is -2.30. The Morgan fingerprint density at radius 3 is 2.50 bits per heavy atom. The summed E-state index contributed by atoms with van der Waals surface area (Å²) in [5, 5.41) is 28.4. The smallest absolute Gasteiger partial charge is 0.335 e. The predicted molar refractivity (Wildman–Crippen MR) is 86.5 cm³/mol. The van der Waals surface area contributed by atoms with Crippen molar-refractivity contribution in [2.24, 2.45) is 4.99 Å². The van der Waals surface area contributed by atoms with Gasteiger partial charge in [-0.25, -0.2) is 4.79 Å². The molecule has 1 unspecified atom stereocenters. The van der Waals surface area contributed by atoms with Crippen molar-refractivity contribution < 1.29 is 20.1 Å². The minimum atomic E-state index is -1.58. The number of carboxylic acid groups (broad SMARTS) is 1. The van der Waals surface area contributed by atoms with Gasteiger partial charge in [0.25, 0.3) is 0 Å². The van der Waals surface area contributed by atoms with Crippen LogP contribution in [0.15, 0.2) is 51.9 Å². The summed E-state index contributed by atoms with van der Waals surface area (Å²) in [6.07, 6.45) is 1.46. The molecule has 114 valence electrons. The summed E-state index contributed by atoms with van der Waals surface area (Å²) in [5.41, 5.74) is -0.570. The van der Waals surface area contributed by atoms with E-state index >= 15 is 0 Å².